The molecule has 35 heavy (non-hydrogen) atoms. The number of rotatable bonds is 6. The van der Waals surface area contributed by atoms with Crippen molar-refractivity contribution in [3.8, 4) is 5.75 Å². The summed E-state index contributed by atoms with van der Waals surface area (Å²) >= 11 is 1.62. The number of ether oxygens (including phenoxy) is 1. The van der Waals surface area contributed by atoms with E-state index in [9.17, 15) is 24.5 Å². The predicted molar refractivity (Wildman–Crippen MR) is 131 cm³/mol. The minimum Gasteiger partial charge on any atom is -0.490 e. The van der Waals surface area contributed by atoms with E-state index in [2.05, 4.69) is 10.6 Å². The molecule has 3 amide bonds. The zero-order valence-corrected chi connectivity index (χ0v) is 20.2. The van der Waals surface area contributed by atoms with Crippen LogP contribution in [0.3, 0.4) is 0 Å². The monoisotopic (exact) mass is 496 g/mol. The Balaban J connectivity index is 1.66. The van der Waals surface area contributed by atoms with Crippen LogP contribution in [0.25, 0.3) is 0 Å². The summed E-state index contributed by atoms with van der Waals surface area (Å²) in [5.74, 6) is -2.31. The van der Waals surface area contributed by atoms with Crippen LogP contribution < -0.4 is 20.3 Å². The van der Waals surface area contributed by atoms with Gasteiger partial charge in [0, 0.05) is 29.4 Å². The molecular formula is C24H24N4O6S. The Bertz CT molecular complexity index is 1280. The number of carbonyl (C=O) groups excluding carboxylic acids is 3. The smallest absolute Gasteiger partial charge is 0.311 e. The number of anilines is 2. The molecule has 0 bridgehead atoms. The highest BCUT2D eigenvalue weighted by Gasteiger charge is 2.70. The summed E-state index contributed by atoms with van der Waals surface area (Å²) in [6.07, 6.45) is 2.55. The molecule has 10 nitrogen and oxygen atoms in total. The van der Waals surface area contributed by atoms with Crippen molar-refractivity contribution in [2.24, 2.45) is 11.8 Å². The van der Waals surface area contributed by atoms with Crippen LogP contribution >= 0.6 is 11.8 Å². The van der Waals surface area contributed by atoms with Gasteiger partial charge in [0.25, 0.3) is 0 Å². The van der Waals surface area contributed by atoms with Gasteiger partial charge in [-0.2, -0.15) is 11.8 Å². The Morgan fingerprint density at radius 1 is 1.20 bits per heavy atom. The predicted octanol–water partition coefficient (Wildman–Crippen LogP) is 2.59. The summed E-state index contributed by atoms with van der Waals surface area (Å²) < 4.78 is 5.19. The second kappa shape index (κ2) is 8.35. The molecule has 3 heterocycles. The highest BCUT2D eigenvalue weighted by molar-refractivity contribution is 7.98. The largest absolute Gasteiger partial charge is 0.490 e. The number of hydrogen-bond donors (Lipinski definition) is 2. The number of methoxy groups -OCH3 is 1. The molecule has 3 aliphatic heterocycles. The minimum absolute atomic E-state index is 0.0519. The Kier molecular flexibility index (Phi) is 5.56. The van der Waals surface area contributed by atoms with E-state index in [1.165, 1.54) is 19.2 Å². The number of nitrogens with one attached hydrogen (secondary N) is 2. The molecule has 11 heteroatoms. The van der Waals surface area contributed by atoms with E-state index in [-0.39, 0.29) is 23.0 Å². The van der Waals surface area contributed by atoms with Crippen molar-refractivity contribution in [1.82, 2.24) is 5.32 Å². The van der Waals surface area contributed by atoms with Gasteiger partial charge in [-0.1, -0.05) is 18.2 Å². The Labute approximate surface area is 205 Å². The Morgan fingerprint density at radius 2 is 1.94 bits per heavy atom. The van der Waals surface area contributed by atoms with Crippen LogP contribution in [0.5, 0.6) is 5.75 Å². The fourth-order valence-corrected chi connectivity index (χ4v) is 6.19. The molecule has 0 unspecified atom stereocenters. The molecule has 5 rings (SSSR count). The quantitative estimate of drug-likeness (QED) is 0.355. The van der Waals surface area contributed by atoms with Crippen LogP contribution in [-0.4, -0.2) is 47.8 Å². The van der Waals surface area contributed by atoms with E-state index in [1.54, 1.807) is 43.0 Å². The third-order valence-electron chi connectivity index (χ3n) is 7.19. The molecule has 2 fully saturated rings. The first-order valence-electron chi connectivity index (χ1n) is 11.1. The number of fused-ring (bicyclic) bond motifs is 4. The lowest BCUT2D eigenvalue weighted by atomic mass is 9.76. The van der Waals surface area contributed by atoms with Gasteiger partial charge < -0.3 is 10.1 Å². The van der Waals surface area contributed by atoms with Crippen LogP contribution in [0.4, 0.5) is 17.1 Å². The molecule has 0 radical (unpaired) electrons. The molecule has 2 saturated heterocycles. The van der Waals surface area contributed by atoms with Crippen molar-refractivity contribution >= 4 is 46.5 Å². The van der Waals surface area contributed by atoms with E-state index >= 15 is 0 Å². The van der Waals surface area contributed by atoms with Gasteiger partial charge in [-0.05, 0) is 37.0 Å². The maximum absolute atomic E-state index is 14.0. The first-order valence-corrected chi connectivity index (χ1v) is 12.5. The number of imide groups is 1. The number of carbonyl (C=O) groups is 3. The first kappa shape index (κ1) is 23.3. The minimum atomic E-state index is -1.37. The van der Waals surface area contributed by atoms with Crippen molar-refractivity contribution in [3.05, 3.63) is 57.6 Å². The van der Waals surface area contributed by atoms with Crippen molar-refractivity contribution in [1.29, 1.82) is 0 Å². The van der Waals surface area contributed by atoms with E-state index in [0.29, 0.717) is 23.2 Å². The zero-order valence-electron chi connectivity index (χ0n) is 19.4. The number of aryl methyl sites for hydroxylation is 1. The summed E-state index contributed by atoms with van der Waals surface area (Å²) in [7, 11) is 1.29. The van der Waals surface area contributed by atoms with Gasteiger partial charge in [0.15, 0.2) is 5.75 Å². The van der Waals surface area contributed by atoms with Gasteiger partial charge in [0.1, 0.15) is 5.54 Å². The summed E-state index contributed by atoms with van der Waals surface area (Å²) in [6.45, 7) is 1.60. The average Bonchev–Trinajstić information content (AvgIpc) is 3.42. The topological polar surface area (TPSA) is 131 Å². The molecule has 4 atom stereocenters. The normalized spacial score (nSPS) is 26.8. The molecule has 0 aliphatic carbocycles. The lowest BCUT2D eigenvalue weighted by molar-refractivity contribution is -0.385. The van der Waals surface area contributed by atoms with Gasteiger partial charge in [0.05, 0.1) is 29.6 Å². The van der Waals surface area contributed by atoms with Gasteiger partial charge in [-0.3, -0.25) is 29.8 Å². The molecule has 0 saturated carbocycles. The maximum Gasteiger partial charge on any atom is 0.311 e. The molecule has 1 spiro atoms. The Hall–Kier alpha value is -3.44. The number of nitro benzene ring substituents is 1. The molecule has 0 aromatic heterocycles. The number of benzene rings is 2. The number of hydrogen-bond acceptors (Lipinski definition) is 8. The Morgan fingerprint density at radius 3 is 2.63 bits per heavy atom. The lowest BCUT2D eigenvalue weighted by Gasteiger charge is -2.30. The fourth-order valence-electron chi connectivity index (χ4n) is 5.70. The molecule has 3 aliphatic rings. The standard InChI is InChI=1S/C24H24N4O6S/c1-12-10-17(28(32)33)18(34-2)11-16(12)27-21(29)19-15(8-9-35-3)26-24(20(19)22(27)30)13-6-4-5-7-14(13)25-23(24)31/h4-7,10-11,15,19-20,26H,8-9H2,1-3H3,(H,25,31)/t15-,19+,20+,24+/m0/s1. The number of nitrogens with zero attached hydrogens (tertiary/aromatic N) is 2. The van der Waals surface area contributed by atoms with E-state index in [4.69, 9.17) is 4.74 Å². The maximum atomic E-state index is 14.0. The SMILES string of the molecule is COc1cc(N2C(=O)[C@@H]3[C@H](CCSC)N[C@@]4(C(=O)Nc5ccccc54)[C@H]3C2=O)c(C)cc1[N+](=O)[O-]. The third-order valence-corrected chi connectivity index (χ3v) is 7.83. The van der Waals surface area contributed by atoms with Gasteiger partial charge >= 0.3 is 5.69 Å². The second-order valence-electron chi connectivity index (χ2n) is 8.92. The second-order valence-corrected chi connectivity index (χ2v) is 9.91. The van der Waals surface area contributed by atoms with Crippen molar-refractivity contribution in [2.45, 2.75) is 24.9 Å². The highest BCUT2D eigenvalue weighted by atomic mass is 32.2. The van der Waals surface area contributed by atoms with Crippen LogP contribution in [0.1, 0.15) is 17.5 Å². The van der Waals surface area contributed by atoms with Crippen molar-refractivity contribution in [2.75, 3.05) is 29.3 Å². The van der Waals surface area contributed by atoms with Gasteiger partial charge in [0.2, 0.25) is 17.7 Å². The van der Waals surface area contributed by atoms with Gasteiger partial charge in [-0.25, -0.2) is 4.90 Å². The molecule has 2 N–H and O–H groups in total. The van der Waals surface area contributed by atoms with Crippen LogP contribution in [0.15, 0.2) is 36.4 Å². The summed E-state index contributed by atoms with van der Waals surface area (Å²) in [5.41, 5.74) is 0.243. The number of nitro groups is 1. The zero-order chi connectivity index (χ0) is 25.1. The van der Waals surface area contributed by atoms with E-state index in [0.717, 1.165) is 10.7 Å². The molecule has 2 aromatic rings. The number of para-hydroxylation sites is 1. The van der Waals surface area contributed by atoms with Crippen molar-refractivity contribution < 1.29 is 24.0 Å². The highest BCUT2D eigenvalue weighted by Crippen LogP contribution is 2.54. The van der Waals surface area contributed by atoms with E-state index < -0.39 is 40.2 Å². The molecule has 2 aromatic carbocycles. The van der Waals surface area contributed by atoms with Crippen LogP contribution in [-0.2, 0) is 19.9 Å². The molecule has 182 valence electrons. The lowest BCUT2D eigenvalue weighted by Crippen LogP contribution is -2.53. The summed E-state index contributed by atoms with van der Waals surface area (Å²) in [5, 5.41) is 17.7. The van der Waals surface area contributed by atoms with Crippen LogP contribution in [0, 0.1) is 28.9 Å². The fraction of sp³-hybridized carbons (Fsp3) is 0.375. The number of amides is 3. The average molecular weight is 497 g/mol. The van der Waals surface area contributed by atoms with E-state index in [1.807, 2.05) is 6.26 Å². The van der Waals surface area contributed by atoms with Gasteiger partial charge in [-0.15, -0.1) is 0 Å². The van der Waals surface area contributed by atoms with Crippen molar-refractivity contribution in [3.63, 3.8) is 0 Å². The van der Waals surface area contributed by atoms with Crippen LogP contribution in [0.2, 0.25) is 0 Å². The third kappa shape index (κ3) is 3.18. The molecular weight excluding hydrogens is 472 g/mol. The summed E-state index contributed by atoms with van der Waals surface area (Å²) in [4.78, 5) is 53.3. The first-order chi connectivity index (χ1) is 16.8. The summed E-state index contributed by atoms with van der Waals surface area (Å²) in [6, 6.07) is 9.43. The number of thioether (sulfide) groups is 1.